The second-order valence-corrected chi connectivity index (χ2v) is 8.83. The number of piperidine rings is 1. The first-order valence-corrected chi connectivity index (χ1v) is 11.0. The number of hydrogen-bond donors (Lipinski definition) is 1. The predicted molar refractivity (Wildman–Crippen MR) is 117 cm³/mol. The fraction of sp³-hybridized carbons (Fsp3) is 0.391. The van der Waals surface area contributed by atoms with Crippen molar-refractivity contribution in [1.29, 1.82) is 0 Å². The number of para-hydroxylation sites is 1. The molecule has 0 radical (unpaired) electrons. The lowest BCUT2D eigenvalue weighted by Crippen LogP contribution is -2.44. The summed E-state index contributed by atoms with van der Waals surface area (Å²) in [6.07, 6.45) is -1.62. The first kappa shape index (κ1) is 21.1. The molecule has 2 aliphatic rings. The summed E-state index contributed by atoms with van der Waals surface area (Å²) in [5, 5.41) is 1.14. The highest BCUT2D eigenvalue weighted by atomic mass is 35.5. The number of carbonyl (C=O) groups is 1. The van der Waals surface area contributed by atoms with Crippen LogP contribution in [0.2, 0.25) is 5.02 Å². The minimum atomic E-state index is -4.48. The lowest BCUT2D eigenvalue weighted by atomic mass is 9.93. The van der Waals surface area contributed by atoms with Gasteiger partial charge in [-0.15, -0.1) is 0 Å². The summed E-state index contributed by atoms with van der Waals surface area (Å²) >= 11 is 6.09. The minimum Gasteiger partial charge on any atom is -0.358 e. The first-order valence-electron chi connectivity index (χ1n) is 10.7. The summed E-state index contributed by atoms with van der Waals surface area (Å²) in [6, 6.07) is 9.05. The first-order chi connectivity index (χ1) is 15.3. The number of alkyl halides is 3. The van der Waals surface area contributed by atoms with E-state index in [0.717, 1.165) is 29.6 Å². The molecular formula is C23H22ClF3N4O. The van der Waals surface area contributed by atoms with Crippen LogP contribution in [0, 0.1) is 5.92 Å². The quantitative estimate of drug-likeness (QED) is 0.580. The molecule has 0 atom stereocenters. The number of H-pyrrole nitrogens is 1. The fourth-order valence-electron chi connectivity index (χ4n) is 4.77. The van der Waals surface area contributed by atoms with E-state index in [1.807, 2.05) is 21.9 Å². The molecule has 4 heterocycles. The molecule has 32 heavy (non-hydrogen) atoms. The number of fused-ring (bicyclic) bond motifs is 3. The van der Waals surface area contributed by atoms with Crippen molar-refractivity contribution >= 4 is 34.2 Å². The van der Waals surface area contributed by atoms with Gasteiger partial charge in [0.1, 0.15) is 5.82 Å². The molecule has 3 aromatic rings. The van der Waals surface area contributed by atoms with Crippen molar-refractivity contribution in [3.05, 3.63) is 58.4 Å². The van der Waals surface area contributed by atoms with Crippen LogP contribution in [0.5, 0.6) is 0 Å². The number of anilines is 1. The van der Waals surface area contributed by atoms with Crippen molar-refractivity contribution < 1.29 is 18.0 Å². The van der Waals surface area contributed by atoms with Crippen LogP contribution in [0.15, 0.2) is 36.5 Å². The van der Waals surface area contributed by atoms with E-state index in [9.17, 15) is 18.0 Å². The number of amides is 1. The summed E-state index contributed by atoms with van der Waals surface area (Å²) in [5.41, 5.74) is 2.63. The van der Waals surface area contributed by atoms with Crippen LogP contribution in [-0.4, -0.2) is 40.4 Å². The predicted octanol–water partition coefficient (Wildman–Crippen LogP) is 5.04. The molecule has 5 nitrogen and oxygen atoms in total. The van der Waals surface area contributed by atoms with Crippen LogP contribution in [0.25, 0.3) is 10.9 Å². The monoisotopic (exact) mass is 462 g/mol. The Morgan fingerprint density at radius 2 is 1.91 bits per heavy atom. The van der Waals surface area contributed by atoms with Crippen LogP contribution in [0.3, 0.4) is 0 Å². The van der Waals surface area contributed by atoms with Gasteiger partial charge in [0.2, 0.25) is 5.91 Å². The van der Waals surface area contributed by atoms with Crippen molar-refractivity contribution in [3.8, 4) is 0 Å². The van der Waals surface area contributed by atoms with E-state index in [1.165, 1.54) is 11.3 Å². The van der Waals surface area contributed by atoms with Gasteiger partial charge in [0.15, 0.2) is 0 Å². The number of rotatable bonds is 2. The molecule has 1 N–H and O–H groups in total. The third-order valence-electron chi connectivity index (χ3n) is 6.49. The molecule has 168 valence electrons. The summed E-state index contributed by atoms with van der Waals surface area (Å²) in [6.45, 7) is 2.34. The molecule has 0 aliphatic carbocycles. The van der Waals surface area contributed by atoms with Gasteiger partial charge in [-0.05, 0) is 25.0 Å². The highest BCUT2D eigenvalue weighted by molar-refractivity contribution is 6.33. The Morgan fingerprint density at radius 1 is 1.16 bits per heavy atom. The zero-order valence-electron chi connectivity index (χ0n) is 17.3. The van der Waals surface area contributed by atoms with Crippen LogP contribution in [0.4, 0.5) is 19.0 Å². The molecule has 1 aromatic carbocycles. The van der Waals surface area contributed by atoms with Crippen molar-refractivity contribution in [3.63, 3.8) is 0 Å². The number of aromatic nitrogens is 2. The molecule has 9 heteroatoms. The third kappa shape index (κ3) is 3.81. The van der Waals surface area contributed by atoms with Gasteiger partial charge in [-0.2, -0.15) is 13.2 Å². The van der Waals surface area contributed by atoms with Gasteiger partial charge < -0.3 is 14.8 Å². The number of carbonyl (C=O) groups excluding carboxylic acids is 1. The molecule has 0 spiro atoms. The number of pyridine rings is 1. The van der Waals surface area contributed by atoms with Gasteiger partial charge in [0.05, 0.1) is 10.6 Å². The Labute approximate surface area is 188 Å². The minimum absolute atomic E-state index is 0.0208. The van der Waals surface area contributed by atoms with Crippen LogP contribution in [-0.2, 0) is 23.9 Å². The van der Waals surface area contributed by atoms with Gasteiger partial charge in [-0.25, -0.2) is 4.98 Å². The summed E-state index contributed by atoms with van der Waals surface area (Å²) < 4.78 is 38.6. The standard InChI is InChI=1S/C23H22ClF3N4O/c24-18-11-15(23(25,26)27)12-28-21(18)30-8-5-14(6-9-30)22(32)31-10-7-20-17(13-31)16-3-1-2-4-19(16)29-20/h1-4,11-12,14,29H,5-10,13H2. The molecule has 1 saturated heterocycles. The average molecular weight is 463 g/mol. The molecule has 0 saturated carbocycles. The third-order valence-corrected chi connectivity index (χ3v) is 6.77. The normalized spacial score (nSPS) is 17.6. The Balaban J connectivity index is 1.24. The van der Waals surface area contributed by atoms with E-state index in [0.29, 0.717) is 44.8 Å². The van der Waals surface area contributed by atoms with Crippen molar-refractivity contribution in [2.75, 3.05) is 24.5 Å². The molecule has 2 aliphatic heterocycles. The van der Waals surface area contributed by atoms with E-state index in [2.05, 4.69) is 22.1 Å². The SMILES string of the molecule is O=C(C1CCN(c2ncc(C(F)(F)F)cc2Cl)CC1)N1CCc2[nH]c3ccccc3c2C1. The van der Waals surface area contributed by atoms with Gasteiger partial charge in [0.25, 0.3) is 0 Å². The van der Waals surface area contributed by atoms with E-state index in [-0.39, 0.29) is 16.8 Å². The maximum atomic E-state index is 13.2. The zero-order valence-corrected chi connectivity index (χ0v) is 18.0. The number of nitrogens with zero attached hydrogens (tertiary/aromatic N) is 3. The second kappa shape index (κ2) is 7.99. The molecule has 1 fully saturated rings. The topological polar surface area (TPSA) is 52.2 Å². The highest BCUT2D eigenvalue weighted by Gasteiger charge is 2.34. The maximum Gasteiger partial charge on any atom is 0.417 e. The second-order valence-electron chi connectivity index (χ2n) is 8.43. The molecule has 0 unspecified atom stereocenters. The summed E-state index contributed by atoms with van der Waals surface area (Å²) in [4.78, 5) is 24.4. The van der Waals surface area contributed by atoms with Crippen LogP contribution < -0.4 is 4.90 Å². The van der Waals surface area contributed by atoms with E-state index in [4.69, 9.17) is 11.6 Å². The Morgan fingerprint density at radius 3 is 2.62 bits per heavy atom. The van der Waals surface area contributed by atoms with Crippen LogP contribution in [0.1, 0.15) is 29.7 Å². The van der Waals surface area contributed by atoms with Gasteiger partial charge in [-0.3, -0.25) is 4.79 Å². The molecule has 1 amide bonds. The van der Waals surface area contributed by atoms with Crippen LogP contribution >= 0.6 is 11.6 Å². The summed E-state index contributed by atoms with van der Waals surface area (Å²) in [7, 11) is 0. The molecular weight excluding hydrogens is 441 g/mol. The number of hydrogen-bond acceptors (Lipinski definition) is 3. The molecule has 0 bridgehead atoms. The number of nitrogens with one attached hydrogen (secondary N) is 1. The van der Waals surface area contributed by atoms with Crippen molar-refractivity contribution in [1.82, 2.24) is 14.9 Å². The van der Waals surface area contributed by atoms with E-state index < -0.39 is 11.7 Å². The Bertz CT molecular complexity index is 1170. The Kier molecular flexibility index (Phi) is 5.28. The largest absolute Gasteiger partial charge is 0.417 e. The number of benzene rings is 1. The lowest BCUT2D eigenvalue weighted by molar-refractivity contribution is -0.138. The smallest absolute Gasteiger partial charge is 0.358 e. The van der Waals surface area contributed by atoms with E-state index >= 15 is 0 Å². The molecule has 2 aromatic heterocycles. The van der Waals surface area contributed by atoms with Crippen molar-refractivity contribution in [2.45, 2.75) is 32.0 Å². The fourth-order valence-corrected chi connectivity index (χ4v) is 5.06. The lowest BCUT2D eigenvalue weighted by Gasteiger charge is -2.36. The summed E-state index contributed by atoms with van der Waals surface area (Å²) in [5.74, 6) is 0.380. The Hall–Kier alpha value is -2.74. The average Bonchev–Trinajstić information content (AvgIpc) is 3.16. The van der Waals surface area contributed by atoms with Gasteiger partial charge in [0, 0.05) is 66.9 Å². The molecule has 5 rings (SSSR count). The highest BCUT2D eigenvalue weighted by Crippen LogP contribution is 2.35. The zero-order chi connectivity index (χ0) is 22.5. The van der Waals surface area contributed by atoms with E-state index in [1.54, 1.807) is 0 Å². The maximum absolute atomic E-state index is 13.2. The van der Waals surface area contributed by atoms with Gasteiger partial charge in [-0.1, -0.05) is 29.8 Å². The number of aromatic amines is 1. The number of halogens is 4. The van der Waals surface area contributed by atoms with Crippen molar-refractivity contribution in [2.24, 2.45) is 5.92 Å². The van der Waals surface area contributed by atoms with Gasteiger partial charge >= 0.3 is 6.18 Å².